The highest BCUT2D eigenvalue weighted by molar-refractivity contribution is 7.13. The molecule has 0 atom stereocenters. The fourth-order valence-corrected chi connectivity index (χ4v) is 3.71. The van der Waals surface area contributed by atoms with Gasteiger partial charge in [0, 0.05) is 35.4 Å². The molecule has 1 aromatic carbocycles. The molecule has 37 heavy (non-hydrogen) atoms. The van der Waals surface area contributed by atoms with Gasteiger partial charge in [0.25, 0.3) is 11.8 Å². The standard InChI is InChI=1S/C24H27N7O5S/c1-15(21(33)29-16(2)24(35)36-3)28-22(34)19-14-37-23(30-19)18-10-8-17(9-11-18)13-26-20(32)7-5-4-6-12-27-31-25/h8-11,14H,1-2,4-7,12-13H2,3H3,(H,26,32)(H,28,34)(H,29,33). The molecule has 3 amide bonds. The summed E-state index contributed by atoms with van der Waals surface area (Å²) < 4.78 is 4.44. The monoisotopic (exact) mass is 525 g/mol. The lowest BCUT2D eigenvalue weighted by molar-refractivity contribution is -0.137. The lowest BCUT2D eigenvalue weighted by Gasteiger charge is -2.09. The first-order valence-corrected chi connectivity index (χ1v) is 12.0. The minimum Gasteiger partial charge on any atom is -0.464 e. The molecule has 0 fully saturated rings. The van der Waals surface area contributed by atoms with Gasteiger partial charge in [-0.1, -0.05) is 49.0 Å². The number of rotatable bonds is 14. The summed E-state index contributed by atoms with van der Waals surface area (Å²) in [4.78, 5) is 54.8. The molecule has 3 N–H and O–H groups in total. The Kier molecular flexibility index (Phi) is 11.5. The third kappa shape index (κ3) is 9.59. The smallest absolute Gasteiger partial charge is 0.353 e. The van der Waals surface area contributed by atoms with E-state index in [9.17, 15) is 19.2 Å². The van der Waals surface area contributed by atoms with Crippen molar-refractivity contribution in [2.45, 2.75) is 32.2 Å². The number of benzene rings is 1. The van der Waals surface area contributed by atoms with Crippen molar-refractivity contribution in [1.82, 2.24) is 20.9 Å². The van der Waals surface area contributed by atoms with Crippen LogP contribution >= 0.6 is 11.3 Å². The van der Waals surface area contributed by atoms with E-state index in [2.05, 4.69) is 48.9 Å². The van der Waals surface area contributed by atoms with Gasteiger partial charge in [-0.05, 0) is 23.9 Å². The number of amides is 3. The first-order chi connectivity index (χ1) is 17.7. The first kappa shape index (κ1) is 28.8. The maximum Gasteiger partial charge on any atom is 0.353 e. The van der Waals surface area contributed by atoms with Crippen molar-refractivity contribution >= 4 is 35.0 Å². The summed E-state index contributed by atoms with van der Waals surface area (Å²) in [6.07, 6.45) is 2.72. The van der Waals surface area contributed by atoms with Crippen LogP contribution < -0.4 is 16.0 Å². The number of hydrogen-bond acceptors (Lipinski definition) is 8. The summed E-state index contributed by atoms with van der Waals surface area (Å²) >= 11 is 1.25. The van der Waals surface area contributed by atoms with Crippen LogP contribution in [-0.4, -0.2) is 42.3 Å². The molecule has 194 valence electrons. The van der Waals surface area contributed by atoms with Crippen molar-refractivity contribution in [3.05, 3.63) is 75.9 Å². The summed E-state index contributed by atoms with van der Waals surface area (Å²) in [5.41, 5.74) is 9.43. The van der Waals surface area contributed by atoms with Gasteiger partial charge in [0.1, 0.15) is 16.4 Å². The number of nitrogens with one attached hydrogen (secondary N) is 3. The van der Waals surface area contributed by atoms with E-state index in [0.29, 0.717) is 24.5 Å². The summed E-state index contributed by atoms with van der Waals surface area (Å²) in [6.45, 7) is 7.68. The zero-order valence-corrected chi connectivity index (χ0v) is 21.1. The predicted molar refractivity (Wildman–Crippen MR) is 138 cm³/mol. The molecule has 0 aliphatic carbocycles. The van der Waals surface area contributed by atoms with Crippen LogP contribution in [0, 0.1) is 0 Å². The summed E-state index contributed by atoms with van der Waals surface area (Å²) in [5, 5.41) is 13.0. The molecule has 0 aliphatic rings. The van der Waals surface area contributed by atoms with Gasteiger partial charge in [0.05, 0.1) is 12.8 Å². The second kappa shape index (κ2) is 14.8. The molecule has 12 nitrogen and oxygen atoms in total. The fourth-order valence-electron chi connectivity index (χ4n) is 2.90. The number of hydrogen-bond donors (Lipinski definition) is 3. The highest BCUT2D eigenvalue weighted by atomic mass is 32.1. The molecule has 0 saturated carbocycles. The van der Waals surface area contributed by atoms with Crippen LogP contribution in [0.15, 0.2) is 59.3 Å². The average molecular weight is 526 g/mol. The van der Waals surface area contributed by atoms with Crippen LogP contribution in [0.3, 0.4) is 0 Å². The van der Waals surface area contributed by atoms with Crippen molar-refractivity contribution in [3.63, 3.8) is 0 Å². The Balaban J connectivity index is 1.83. The van der Waals surface area contributed by atoms with Crippen molar-refractivity contribution in [2.24, 2.45) is 5.11 Å². The largest absolute Gasteiger partial charge is 0.464 e. The van der Waals surface area contributed by atoms with Crippen molar-refractivity contribution in [3.8, 4) is 10.6 Å². The van der Waals surface area contributed by atoms with Crippen molar-refractivity contribution < 1.29 is 23.9 Å². The molecule has 1 heterocycles. The number of methoxy groups -OCH3 is 1. The van der Waals surface area contributed by atoms with E-state index in [1.807, 2.05) is 24.3 Å². The Hall–Kier alpha value is -4.48. The minimum atomic E-state index is -0.819. The second-order valence-electron chi connectivity index (χ2n) is 7.63. The average Bonchev–Trinajstić information content (AvgIpc) is 3.39. The molecule has 0 spiro atoms. The number of carbonyl (C=O) groups is 4. The van der Waals surface area contributed by atoms with E-state index in [4.69, 9.17) is 5.53 Å². The molecule has 13 heteroatoms. The molecule has 2 rings (SSSR count). The lowest BCUT2D eigenvalue weighted by Crippen LogP contribution is -2.35. The molecular formula is C24H27N7O5S. The first-order valence-electron chi connectivity index (χ1n) is 11.2. The third-order valence-corrected chi connectivity index (χ3v) is 5.78. The topological polar surface area (TPSA) is 175 Å². The molecular weight excluding hydrogens is 498 g/mol. The number of ether oxygens (including phenoxy) is 1. The Labute approximate surface area is 217 Å². The Bertz CT molecular complexity index is 1220. The van der Waals surface area contributed by atoms with E-state index < -0.39 is 17.8 Å². The van der Waals surface area contributed by atoms with Crippen molar-refractivity contribution in [1.29, 1.82) is 0 Å². The SMILES string of the molecule is C=C(NC(=O)c1csc(-c2ccc(CNC(=O)CCCCCN=[N+]=[N-])cc2)n1)C(=O)NC(=C)C(=O)OC. The summed E-state index contributed by atoms with van der Waals surface area (Å²) in [6, 6.07) is 7.39. The van der Waals surface area contributed by atoms with Gasteiger partial charge in [0.15, 0.2) is 0 Å². The van der Waals surface area contributed by atoms with E-state index in [1.165, 1.54) is 11.3 Å². The van der Waals surface area contributed by atoms with Gasteiger partial charge in [-0.15, -0.1) is 11.3 Å². The Morgan fingerprint density at radius 2 is 1.81 bits per heavy atom. The van der Waals surface area contributed by atoms with Crippen LogP contribution in [0.5, 0.6) is 0 Å². The zero-order valence-electron chi connectivity index (χ0n) is 20.3. The van der Waals surface area contributed by atoms with Crippen molar-refractivity contribution in [2.75, 3.05) is 13.7 Å². The number of aromatic nitrogens is 1. The van der Waals surface area contributed by atoms with E-state index in [1.54, 1.807) is 5.38 Å². The number of thiazole rings is 1. The van der Waals surface area contributed by atoms with Crippen LogP contribution in [0.4, 0.5) is 0 Å². The Morgan fingerprint density at radius 1 is 1.08 bits per heavy atom. The summed E-state index contributed by atoms with van der Waals surface area (Å²) in [5.74, 6) is -2.32. The van der Waals surface area contributed by atoms with E-state index >= 15 is 0 Å². The number of esters is 1. The second-order valence-corrected chi connectivity index (χ2v) is 8.49. The molecule has 0 unspecified atom stereocenters. The normalized spacial score (nSPS) is 9.97. The third-order valence-electron chi connectivity index (χ3n) is 4.89. The van der Waals surface area contributed by atoms with Gasteiger partial charge in [-0.3, -0.25) is 14.4 Å². The number of carbonyl (C=O) groups excluding carboxylic acids is 4. The van der Waals surface area contributed by atoms with Gasteiger partial charge in [-0.25, -0.2) is 9.78 Å². The van der Waals surface area contributed by atoms with Crippen LogP contribution in [0.1, 0.15) is 41.7 Å². The Morgan fingerprint density at radius 3 is 2.49 bits per heavy atom. The molecule has 1 aromatic heterocycles. The van der Waals surface area contributed by atoms with E-state index in [0.717, 1.165) is 37.5 Å². The highest BCUT2D eigenvalue weighted by Crippen LogP contribution is 2.24. The van der Waals surface area contributed by atoms with Crippen LogP contribution in [0.2, 0.25) is 0 Å². The fraction of sp³-hybridized carbons (Fsp3) is 0.292. The summed E-state index contributed by atoms with van der Waals surface area (Å²) in [7, 11) is 1.14. The maximum atomic E-state index is 12.4. The predicted octanol–water partition coefficient (Wildman–Crippen LogP) is 3.34. The zero-order chi connectivity index (χ0) is 27.2. The van der Waals surface area contributed by atoms with Gasteiger partial charge < -0.3 is 20.7 Å². The quantitative estimate of drug-likeness (QED) is 0.0851. The van der Waals surface area contributed by atoms with E-state index in [-0.39, 0.29) is 23.0 Å². The highest BCUT2D eigenvalue weighted by Gasteiger charge is 2.18. The van der Waals surface area contributed by atoms with Gasteiger partial charge in [0.2, 0.25) is 5.91 Å². The molecule has 0 saturated heterocycles. The maximum absolute atomic E-state index is 12.4. The van der Waals surface area contributed by atoms with Crippen LogP contribution in [0.25, 0.3) is 21.0 Å². The van der Waals surface area contributed by atoms with Gasteiger partial charge >= 0.3 is 5.97 Å². The lowest BCUT2D eigenvalue weighted by atomic mass is 10.1. The van der Waals surface area contributed by atoms with Crippen LogP contribution in [-0.2, 0) is 25.7 Å². The minimum absolute atomic E-state index is 0.0479. The number of azide groups is 1. The van der Waals surface area contributed by atoms with Gasteiger partial charge in [-0.2, -0.15) is 0 Å². The number of nitrogens with zero attached hydrogens (tertiary/aromatic N) is 4. The molecule has 0 aliphatic heterocycles. The molecule has 0 radical (unpaired) electrons. The number of unbranched alkanes of at least 4 members (excludes halogenated alkanes) is 2. The molecule has 0 bridgehead atoms. The molecule has 2 aromatic rings.